The number of carbonyl (C=O) groups excluding carboxylic acids is 1. The van der Waals surface area contributed by atoms with Crippen LogP contribution in [0.1, 0.15) is 42.4 Å². The van der Waals surface area contributed by atoms with E-state index in [0.717, 1.165) is 17.4 Å². The van der Waals surface area contributed by atoms with Gasteiger partial charge >= 0.3 is 0 Å². The van der Waals surface area contributed by atoms with Gasteiger partial charge in [0.2, 0.25) is 5.91 Å². The van der Waals surface area contributed by atoms with E-state index >= 15 is 0 Å². The Balaban J connectivity index is 1.59. The van der Waals surface area contributed by atoms with E-state index in [2.05, 4.69) is 37.4 Å². The summed E-state index contributed by atoms with van der Waals surface area (Å²) in [4.78, 5) is 12.2. The van der Waals surface area contributed by atoms with Crippen LogP contribution in [0.5, 0.6) is 0 Å². The van der Waals surface area contributed by atoms with Crippen molar-refractivity contribution in [3.8, 4) is 0 Å². The van der Waals surface area contributed by atoms with Crippen molar-refractivity contribution in [2.45, 2.75) is 52.0 Å². The number of benzene rings is 1. The third-order valence-corrected chi connectivity index (χ3v) is 4.93. The third kappa shape index (κ3) is 2.68. The Hall–Kier alpha value is -1.31. The normalized spacial score (nSPS) is 28.6. The molecular weight excluding hydrogens is 234 g/mol. The lowest BCUT2D eigenvalue weighted by Crippen LogP contribution is -2.39. The molecule has 0 aromatic heterocycles. The maximum absolute atomic E-state index is 12.2. The predicted octanol–water partition coefficient (Wildman–Crippen LogP) is 3.15. The third-order valence-electron chi connectivity index (χ3n) is 4.93. The zero-order chi connectivity index (χ0) is 13.4. The highest BCUT2D eigenvalue weighted by Crippen LogP contribution is 2.44. The second-order valence-electron chi connectivity index (χ2n) is 6.46. The Bertz CT molecular complexity index is 494. The Morgan fingerprint density at radius 1 is 1.26 bits per heavy atom. The number of amides is 1. The first-order valence-corrected chi connectivity index (χ1v) is 7.47. The highest BCUT2D eigenvalue weighted by Gasteiger charge is 2.39. The molecule has 2 bridgehead atoms. The number of aryl methyl sites for hydroxylation is 2. The molecule has 0 radical (unpaired) electrons. The lowest BCUT2D eigenvalue weighted by atomic mass is 9.95. The molecule has 2 fully saturated rings. The van der Waals surface area contributed by atoms with Crippen molar-refractivity contribution in [3.63, 3.8) is 0 Å². The van der Waals surface area contributed by atoms with Crippen LogP contribution < -0.4 is 5.32 Å². The Labute approximate surface area is 115 Å². The maximum Gasteiger partial charge on any atom is 0.224 e. The van der Waals surface area contributed by atoms with Crippen molar-refractivity contribution in [2.24, 2.45) is 11.8 Å². The lowest BCUT2D eigenvalue weighted by molar-refractivity contribution is -0.121. The average Bonchev–Trinajstić information content (AvgIpc) is 2.95. The minimum Gasteiger partial charge on any atom is -0.353 e. The number of nitrogens with one attached hydrogen (secondary N) is 1. The number of hydrogen-bond acceptors (Lipinski definition) is 1. The van der Waals surface area contributed by atoms with Crippen LogP contribution in [0, 0.1) is 25.7 Å². The van der Waals surface area contributed by atoms with Crippen molar-refractivity contribution in [2.75, 3.05) is 0 Å². The van der Waals surface area contributed by atoms with Gasteiger partial charge in [0.15, 0.2) is 0 Å². The molecule has 2 nitrogen and oxygen atoms in total. The van der Waals surface area contributed by atoms with Gasteiger partial charge in [-0.1, -0.05) is 30.2 Å². The van der Waals surface area contributed by atoms with Gasteiger partial charge in [-0.3, -0.25) is 4.79 Å². The van der Waals surface area contributed by atoms with Gasteiger partial charge in [0.25, 0.3) is 0 Å². The van der Waals surface area contributed by atoms with Crippen molar-refractivity contribution in [1.29, 1.82) is 0 Å². The second kappa shape index (κ2) is 4.99. The number of carbonyl (C=O) groups is 1. The molecule has 0 heterocycles. The van der Waals surface area contributed by atoms with Crippen molar-refractivity contribution < 1.29 is 4.79 Å². The first kappa shape index (κ1) is 12.7. The highest BCUT2D eigenvalue weighted by atomic mass is 16.1. The number of hydrogen-bond donors (Lipinski definition) is 1. The molecule has 19 heavy (non-hydrogen) atoms. The van der Waals surface area contributed by atoms with Crippen molar-refractivity contribution >= 4 is 5.91 Å². The standard InChI is InChI=1S/C17H23NO/c1-11-3-5-14(12(2)7-11)10-17(19)18-16-9-13-4-6-15(16)8-13/h3,5,7,13,15-16H,4,6,8-10H2,1-2H3,(H,18,19)/t13-,15-,16+/m1/s1. The predicted molar refractivity (Wildman–Crippen MR) is 77.0 cm³/mol. The van der Waals surface area contributed by atoms with E-state index in [9.17, 15) is 4.79 Å². The Morgan fingerprint density at radius 2 is 2.11 bits per heavy atom. The van der Waals surface area contributed by atoms with Crippen molar-refractivity contribution in [1.82, 2.24) is 5.32 Å². The fourth-order valence-electron chi connectivity index (χ4n) is 3.90. The highest BCUT2D eigenvalue weighted by molar-refractivity contribution is 5.79. The zero-order valence-electron chi connectivity index (χ0n) is 11.9. The summed E-state index contributed by atoms with van der Waals surface area (Å²) >= 11 is 0. The van der Waals surface area contributed by atoms with E-state index in [1.807, 2.05) is 0 Å². The molecule has 1 amide bonds. The molecule has 3 atom stereocenters. The van der Waals surface area contributed by atoms with E-state index in [-0.39, 0.29) is 5.91 Å². The van der Waals surface area contributed by atoms with Gasteiger partial charge in [0.05, 0.1) is 6.42 Å². The molecule has 0 spiro atoms. The minimum absolute atomic E-state index is 0.199. The Morgan fingerprint density at radius 3 is 2.74 bits per heavy atom. The van der Waals surface area contributed by atoms with Gasteiger partial charge < -0.3 is 5.32 Å². The molecule has 1 aromatic carbocycles. The van der Waals surface area contributed by atoms with Gasteiger partial charge in [-0.25, -0.2) is 0 Å². The SMILES string of the molecule is Cc1ccc(CC(=O)N[C@H]2C[C@@H]3CC[C@@H]2C3)c(C)c1. The summed E-state index contributed by atoms with van der Waals surface area (Å²) < 4.78 is 0. The fraction of sp³-hybridized carbons (Fsp3) is 0.588. The monoisotopic (exact) mass is 257 g/mol. The smallest absolute Gasteiger partial charge is 0.224 e. The van der Waals surface area contributed by atoms with E-state index < -0.39 is 0 Å². The summed E-state index contributed by atoms with van der Waals surface area (Å²) in [5.41, 5.74) is 3.64. The van der Waals surface area contributed by atoms with Crippen LogP contribution in [0.4, 0.5) is 0 Å². The van der Waals surface area contributed by atoms with Gasteiger partial charge in [0.1, 0.15) is 0 Å². The van der Waals surface area contributed by atoms with Crippen LogP contribution >= 0.6 is 0 Å². The van der Waals surface area contributed by atoms with Crippen LogP contribution in [-0.4, -0.2) is 11.9 Å². The van der Waals surface area contributed by atoms with Crippen LogP contribution in [0.2, 0.25) is 0 Å². The molecule has 1 aromatic rings. The van der Waals surface area contributed by atoms with E-state index in [0.29, 0.717) is 12.5 Å². The molecule has 2 saturated carbocycles. The summed E-state index contributed by atoms with van der Waals surface area (Å²) in [7, 11) is 0. The largest absolute Gasteiger partial charge is 0.353 e. The summed E-state index contributed by atoms with van der Waals surface area (Å²) in [6.45, 7) is 4.18. The van der Waals surface area contributed by atoms with Gasteiger partial charge in [-0.2, -0.15) is 0 Å². The minimum atomic E-state index is 0.199. The molecular formula is C17H23NO. The van der Waals surface area contributed by atoms with E-state index in [4.69, 9.17) is 0 Å². The maximum atomic E-state index is 12.2. The summed E-state index contributed by atoms with van der Waals surface area (Å²) in [5.74, 6) is 1.84. The molecule has 0 unspecified atom stereocenters. The average molecular weight is 257 g/mol. The lowest BCUT2D eigenvalue weighted by Gasteiger charge is -2.23. The molecule has 2 heteroatoms. The van der Waals surface area contributed by atoms with E-state index in [1.165, 1.54) is 36.8 Å². The number of fused-ring (bicyclic) bond motifs is 2. The first-order chi connectivity index (χ1) is 9.11. The topological polar surface area (TPSA) is 29.1 Å². The Kier molecular flexibility index (Phi) is 3.34. The quantitative estimate of drug-likeness (QED) is 0.885. The van der Waals surface area contributed by atoms with Crippen LogP contribution in [0.15, 0.2) is 18.2 Å². The van der Waals surface area contributed by atoms with Crippen LogP contribution in [0.25, 0.3) is 0 Å². The van der Waals surface area contributed by atoms with Crippen LogP contribution in [-0.2, 0) is 11.2 Å². The van der Waals surface area contributed by atoms with Crippen molar-refractivity contribution in [3.05, 3.63) is 34.9 Å². The fourth-order valence-corrected chi connectivity index (χ4v) is 3.90. The molecule has 2 aliphatic rings. The molecule has 0 saturated heterocycles. The molecule has 0 aliphatic heterocycles. The number of rotatable bonds is 3. The molecule has 1 N–H and O–H groups in total. The molecule has 2 aliphatic carbocycles. The molecule has 3 rings (SSSR count). The summed E-state index contributed by atoms with van der Waals surface area (Å²) in [5, 5.41) is 3.26. The zero-order valence-corrected chi connectivity index (χ0v) is 11.9. The van der Waals surface area contributed by atoms with Crippen LogP contribution in [0.3, 0.4) is 0 Å². The summed E-state index contributed by atoms with van der Waals surface area (Å²) in [6, 6.07) is 6.79. The summed E-state index contributed by atoms with van der Waals surface area (Å²) in [6.07, 6.45) is 5.78. The first-order valence-electron chi connectivity index (χ1n) is 7.47. The van der Waals surface area contributed by atoms with E-state index in [1.54, 1.807) is 0 Å². The molecule has 102 valence electrons. The van der Waals surface area contributed by atoms with Gasteiger partial charge in [-0.05, 0) is 56.1 Å². The van der Waals surface area contributed by atoms with Gasteiger partial charge in [-0.15, -0.1) is 0 Å². The van der Waals surface area contributed by atoms with Gasteiger partial charge in [0, 0.05) is 6.04 Å². The second-order valence-corrected chi connectivity index (χ2v) is 6.46.